The van der Waals surface area contributed by atoms with E-state index in [0.29, 0.717) is 0 Å². The molecule has 21 heavy (non-hydrogen) atoms. The van der Waals surface area contributed by atoms with Crippen LogP contribution in [-0.2, 0) is 13.1 Å². The van der Waals surface area contributed by atoms with Crippen molar-refractivity contribution in [2.24, 2.45) is 0 Å². The molecule has 3 nitrogen and oxygen atoms in total. The highest BCUT2D eigenvalue weighted by atomic mass is 79.9. The van der Waals surface area contributed by atoms with E-state index in [9.17, 15) is 0 Å². The van der Waals surface area contributed by atoms with Crippen molar-refractivity contribution in [3.05, 3.63) is 57.7 Å². The first kappa shape index (κ1) is 16.0. The van der Waals surface area contributed by atoms with Crippen LogP contribution < -0.4 is 10.2 Å². The lowest BCUT2D eigenvalue weighted by Crippen LogP contribution is -2.19. The van der Waals surface area contributed by atoms with Crippen molar-refractivity contribution >= 4 is 21.7 Å². The molecular formula is C17H22BrN3. The molecular weight excluding hydrogens is 326 g/mol. The van der Waals surface area contributed by atoms with Gasteiger partial charge in [0.1, 0.15) is 5.82 Å². The summed E-state index contributed by atoms with van der Waals surface area (Å²) in [5.41, 5.74) is 3.71. The van der Waals surface area contributed by atoms with Gasteiger partial charge in [0.05, 0.1) is 0 Å². The number of hydrogen-bond donors (Lipinski definition) is 1. The summed E-state index contributed by atoms with van der Waals surface area (Å²) >= 11 is 3.52. The van der Waals surface area contributed by atoms with Gasteiger partial charge in [-0.1, -0.05) is 35.0 Å². The van der Waals surface area contributed by atoms with E-state index in [4.69, 9.17) is 0 Å². The number of anilines is 1. The van der Waals surface area contributed by atoms with E-state index < -0.39 is 0 Å². The molecule has 1 aromatic carbocycles. The zero-order valence-corrected chi connectivity index (χ0v) is 14.4. The number of pyridine rings is 1. The van der Waals surface area contributed by atoms with Crippen LogP contribution in [0.15, 0.2) is 41.0 Å². The zero-order valence-electron chi connectivity index (χ0n) is 12.9. The van der Waals surface area contributed by atoms with Crippen LogP contribution in [0, 0.1) is 6.92 Å². The highest BCUT2D eigenvalue weighted by Gasteiger charge is 2.08. The molecule has 2 rings (SSSR count). The number of nitrogens with one attached hydrogen (secondary N) is 1. The zero-order chi connectivity index (χ0) is 15.2. The highest BCUT2D eigenvalue weighted by Crippen LogP contribution is 2.20. The Balaban J connectivity index is 2.10. The number of halogens is 1. The third-order valence-corrected chi connectivity index (χ3v) is 3.85. The van der Waals surface area contributed by atoms with Crippen LogP contribution in [0.2, 0.25) is 0 Å². The molecule has 0 radical (unpaired) electrons. The topological polar surface area (TPSA) is 28.2 Å². The van der Waals surface area contributed by atoms with Gasteiger partial charge in [-0.25, -0.2) is 4.98 Å². The fraction of sp³-hybridized carbons (Fsp3) is 0.353. The lowest BCUT2D eigenvalue weighted by Gasteiger charge is -2.21. The smallest absolute Gasteiger partial charge is 0.131 e. The van der Waals surface area contributed by atoms with Gasteiger partial charge < -0.3 is 10.2 Å². The first-order chi connectivity index (χ1) is 10.1. The SMILES string of the molecule is CCNCc1cnc(N(C)Cc2cccc(Br)c2)c(C)c1. The van der Waals surface area contributed by atoms with Crippen LogP contribution in [-0.4, -0.2) is 18.6 Å². The second kappa shape index (κ2) is 7.57. The molecule has 0 aliphatic heterocycles. The third-order valence-electron chi connectivity index (χ3n) is 3.36. The summed E-state index contributed by atoms with van der Waals surface area (Å²) in [6.07, 6.45) is 1.96. The molecule has 0 aliphatic carbocycles. The predicted molar refractivity (Wildman–Crippen MR) is 92.6 cm³/mol. The fourth-order valence-electron chi connectivity index (χ4n) is 2.38. The predicted octanol–water partition coefficient (Wildman–Crippen LogP) is 3.90. The molecule has 0 saturated heterocycles. The van der Waals surface area contributed by atoms with Crippen molar-refractivity contribution in [1.29, 1.82) is 0 Å². The summed E-state index contributed by atoms with van der Waals surface area (Å²) in [6.45, 7) is 6.93. The first-order valence-corrected chi connectivity index (χ1v) is 8.01. The Labute approximate surface area is 135 Å². The summed E-state index contributed by atoms with van der Waals surface area (Å²) < 4.78 is 1.11. The molecule has 1 aromatic heterocycles. The Hall–Kier alpha value is -1.39. The molecule has 1 heterocycles. The number of aromatic nitrogens is 1. The Kier molecular flexibility index (Phi) is 5.76. The van der Waals surface area contributed by atoms with Gasteiger partial charge >= 0.3 is 0 Å². The number of aryl methyl sites for hydroxylation is 1. The van der Waals surface area contributed by atoms with E-state index in [2.05, 4.69) is 76.3 Å². The fourth-order valence-corrected chi connectivity index (χ4v) is 2.82. The van der Waals surface area contributed by atoms with Crippen LogP contribution in [0.25, 0.3) is 0 Å². The largest absolute Gasteiger partial charge is 0.355 e. The van der Waals surface area contributed by atoms with E-state index in [0.717, 1.165) is 29.9 Å². The van der Waals surface area contributed by atoms with Crippen molar-refractivity contribution in [3.63, 3.8) is 0 Å². The molecule has 0 saturated carbocycles. The maximum Gasteiger partial charge on any atom is 0.131 e. The molecule has 2 aromatic rings. The Morgan fingerprint density at radius 1 is 1.24 bits per heavy atom. The minimum absolute atomic E-state index is 0.847. The van der Waals surface area contributed by atoms with Crippen LogP contribution in [0.3, 0.4) is 0 Å². The van der Waals surface area contributed by atoms with Crippen molar-refractivity contribution in [2.45, 2.75) is 26.9 Å². The highest BCUT2D eigenvalue weighted by molar-refractivity contribution is 9.10. The molecule has 0 fully saturated rings. The van der Waals surface area contributed by atoms with Gasteiger partial charge in [-0.15, -0.1) is 0 Å². The van der Waals surface area contributed by atoms with Crippen molar-refractivity contribution < 1.29 is 0 Å². The number of rotatable bonds is 6. The summed E-state index contributed by atoms with van der Waals surface area (Å²) in [6, 6.07) is 10.6. The molecule has 1 N–H and O–H groups in total. The van der Waals surface area contributed by atoms with Gasteiger partial charge in [-0.3, -0.25) is 0 Å². The number of benzene rings is 1. The Bertz CT molecular complexity index is 598. The second-order valence-electron chi connectivity index (χ2n) is 5.25. The lowest BCUT2D eigenvalue weighted by molar-refractivity contribution is 0.723. The summed E-state index contributed by atoms with van der Waals surface area (Å²) in [5.74, 6) is 1.04. The molecule has 0 bridgehead atoms. The van der Waals surface area contributed by atoms with Crippen molar-refractivity contribution in [2.75, 3.05) is 18.5 Å². The molecule has 0 aliphatic rings. The Morgan fingerprint density at radius 2 is 2.05 bits per heavy atom. The molecule has 4 heteroatoms. The molecule has 0 amide bonds. The standard InChI is InChI=1S/C17H22BrN3/c1-4-19-10-15-8-13(2)17(20-11-15)21(3)12-14-6-5-7-16(18)9-14/h5-9,11,19H,4,10,12H2,1-3H3. The van der Waals surface area contributed by atoms with Crippen LogP contribution in [0.5, 0.6) is 0 Å². The maximum atomic E-state index is 4.62. The van der Waals surface area contributed by atoms with Gasteiger partial charge in [0.15, 0.2) is 0 Å². The minimum atomic E-state index is 0.847. The van der Waals surface area contributed by atoms with E-state index in [1.807, 2.05) is 12.3 Å². The molecule has 0 atom stereocenters. The molecule has 0 unspecified atom stereocenters. The quantitative estimate of drug-likeness (QED) is 0.858. The number of hydrogen-bond acceptors (Lipinski definition) is 3. The van der Waals surface area contributed by atoms with E-state index >= 15 is 0 Å². The normalized spacial score (nSPS) is 10.7. The summed E-state index contributed by atoms with van der Waals surface area (Å²) in [7, 11) is 2.08. The van der Waals surface area contributed by atoms with E-state index in [1.54, 1.807) is 0 Å². The maximum absolute atomic E-state index is 4.62. The van der Waals surface area contributed by atoms with Gasteiger partial charge in [0.25, 0.3) is 0 Å². The van der Waals surface area contributed by atoms with Crippen molar-refractivity contribution in [1.82, 2.24) is 10.3 Å². The first-order valence-electron chi connectivity index (χ1n) is 7.22. The average Bonchev–Trinajstić information content (AvgIpc) is 2.45. The lowest BCUT2D eigenvalue weighted by atomic mass is 10.1. The van der Waals surface area contributed by atoms with E-state index in [-0.39, 0.29) is 0 Å². The van der Waals surface area contributed by atoms with Crippen LogP contribution in [0.1, 0.15) is 23.6 Å². The molecule has 0 spiro atoms. The van der Waals surface area contributed by atoms with Crippen molar-refractivity contribution in [3.8, 4) is 0 Å². The van der Waals surface area contributed by atoms with Gasteiger partial charge in [-0.2, -0.15) is 0 Å². The molecule has 112 valence electrons. The second-order valence-corrected chi connectivity index (χ2v) is 6.17. The summed E-state index contributed by atoms with van der Waals surface area (Å²) in [4.78, 5) is 6.81. The van der Waals surface area contributed by atoms with E-state index in [1.165, 1.54) is 16.7 Å². The Morgan fingerprint density at radius 3 is 2.71 bits per heavy atom. The third kappa shape index (κ3) is 4.55. The summed E-state index contributed by atoms with van der Waals surface area (Å²) in [5, 5.41) is 3.33. The van der Waals surface area contributed by atoms with Crippen LogP contribution in [0.4, 0.5) is 5.82 Å². The van der Waals surface area contributed by atoms with Gasteiger partial charge in [0, 0.05) is 30.8 Å². The number of nitrogens with zero attached hydrogens (tertiary/aromatic N) is 2. The minimum Gasteiger partial charge on any atom is -0.355 e. The average molecular weight is 348 g/mol. The van der Waals surface area contributed by atoms with Crippen LogP contribution >= 0.6 is 15.9 Å². The van der Waals surface area contributed by atoms with Gasteiger partial charge in [0.2, 0.25) is 0 Å². The monoisotopic (exact) mass is 347 g/mol. The van der Waals surface area contributed by atoms with Gasteiger partial charge in [-0.05, 0) is 48.4 Å².